The first-order chi connectivity index (χ1) is 18.9. The SMILES string of the molecule is COC(=O)C(=O)C(CC1CC1)NC(=O)C1C2C(CN1C(=O)C(NC(=O)OC(C)(C)C)C1CCC(F)(F)CC1)C2(C)C. The summed E-state index contributed by atoms with van der Waals surface area (Å²) in [4.78, 5) is 66.8. The first-order valence-corrected chi connectivity index (χ1v) is 14.6. The number of ketones is 1. The zero-order chi connectivity index (χ0) is 30.5. The molecule has 0 spiro atoms. The van der Waals surface area contributed by atoms with Crippen LogP contribution in [0.4, 0.5) is 13.6 Å². The van der Waals surface area contributed by atoms with Gasteiger partial charge in [-0.05, 0) is 69.1 Å². The van der Waals surface area contributed by atoms with Crippen molar-refractivity contribution in [1.82, 2.24) is 15.5 Å². The molecule has 0 aromatic heterocycles. The summed E-state index contributed by atoms with van der Waals surface area (Å²) in [7, 11) is 1.10. The summed E-state index contributed by atoms with van der Waals surface area (Å²) in [6, 6.07) is -3.17. The minimum Gasteiger partial charge on any atom is -0.463 e. The molecule has 0 radical (unpaired) electrons. The van der Waals surface area contributed by atoms with E-state index in [-0.39, 0.29) is 42.6 Å². The maximum Gasteiger partial charge on any atom is 0.408 e. The number of nitrogens with zero attached hydrogens (tertiary/aromatic N) is 1. The van der Waals surface area contributed by atoms with Crippen molar-refractivity contribution in [3.63, 3.8) is 0 Å². The highest BCUT2D eigenvalue weighted by Gasteiger charge is 2.70. The highest BCUT2D eigenvalue weighted by molar-refractivity contribution is 6.36. The Morgan fingerprint density at radius 3 is 2.15 bits per heavy atom. The van der Waals surface area contributed by atoms with E-state index in [1.807, 2.05) is 13.8 Å². The van der Waals surface area contributed by atoms with Crippen LogP contribution in [0.5, 0.6) is 0 Å². The minimum atomic E-state index is -2.83. The number of hydrogen-bond donors (Lipinski definition) is 2. The minimum absolute atomic E-state index is 0.0123. The lowest BCUT2D eigenvalue weighted by Gasteiger charge is -2.38. The van der Waals surface area contributed by atoms with Crippen LogP contribution in [0.2, 0.25) is 0 Å². The Bertz CT molecular complexity index is 1070. The molecule has 5 unspecified atom stereocenters. The Balaban J connectivity index is 1.57. The van der Waals surface area contributed by atoms with Gasteiger partial charge in [0.15, 0.2) is 0 Å². The van der Waals surface area contributed by atoms with E-state index in [0.29, 0.717) is 6.42 Å². The monoisotopic (exact) mass is 583 g/mol. The third-order valence-corrected chi connectivity index (χ3v) is 9.22. The molecule has 2 N–H and O–H groups in total. The number of amides is 3. The van der Waals surface area contributed by atoms with Crippen LogP contribution in [0.15, 0.2) is 0 Å². The zero-order valence-electron chi connectivity index (χ0n) is 24.8. The number of ether oxygens (including phenoxy) is 2. The molecule has 3 aliphatic carbocycles. The second-order valence-corrected chi connectivity index (χ2v) is 13.8. The van der Waals surface area contributed by atoms with Crippen molar-refractivity contribution < 1.29 is 42.2 Å². The summed E-state index contributed by atoms with van der Waals surface area (Å²) in [5, 5.41) is 5.36. The fourth-order valence-corrected chi connectivity index (χ4v) is 6.62. The lowest BCUT2D eigenvalue weighted by atomic mass is 9.81. The molecule has 1 heterocycles. The molecule has 4 rings (SSSR count). The third kappa shape index (κ3) is 6.99. The Hall–Kier alpha value is -2.79. The number of Topliss-reactive ketones (excluding diaryl/α,β-unsaturated/α-hetero) is 1. The quantitative estimate of drug-likeness (QED) is 0.315. The largest absolute Gasteiger partial charge is 0.463 e. The summed E-state index contributed by atoms with van der Waals surface area (Å²) in [6.45, 7) is 9.29. The van der Waals surface area contributed by atoms with Gasteiger partial charge in [0.1, 0.15) is 17.7 Å². The highest BCUT2D eigenvalue weighted by Crippen LogP contribution is 2.65. The normalized spacial score (nSPS) is 28.1. The van der Waals surface area contributed by atoms with Gasteiger partial charge in [-0.1, -0.05) is 26.7 Å². The van der Waals surface area contributed by atoms with Crippen LogP contribution in [0.1, 0.15) is 79.6 Å². The number of fused-ring (bicyclic) bond motifs is 1. The van der Waals surface area contributed by atoms with Gasteiger partial charge in [-0.15, -0.1) is 0 Å². The third-order valence-electron chi connectivity index (χ3n) is 9.22. The van der Waals surface area contributed by atoms with Crippen molar-refractivity contribution in [2.75, 3.05) is 13.7 Å². The number of likely N-dealkylation sites (tertiary alicyclic amines) is 1. The molecule has 0 bridgehead atoms. The molecular formula is C29H43F2N3O7. The van der Waals surface area contributed by atoms with Gasteiger partial charge in [-0.25, -0.2) is 18.4 Å². The summed E-state index contributed by atoms with van der Waals surface area (Å²) in [5.74, 6) is -6.34. The molecular weight excluding hydrogens is 540 g/mol. The molecule has 4 aliphatic rings. The summed E-state index contributed by atoms with van der Waals surface area (Å²) >= 11 is 0. The molecule has 0 aromatic rings. The topological polar surface area (TPSA) is 131 Å². The molecule has 1 aliphatic heterocycles. The lowest BCUT2D eigenvalue weighted by Crippen LogP contribution is -2.60. The number of alkyl carbamates (subject to hydrolysis) is 1. The Morgan fingerprint density at radius 1 is 1.00 bits per heavy atom. The molecule has 12 heteroatoms. The van der Waals surface area contributed by atoms with E-state index in [1.165, 1.54) is 4.90 Å². The lowest BCUT2D eigenvalue weighted by molar-refractivity contribution is -0.153. The van der Waals surface area contributed by atoms with Crippen LogP contribution >= 0.6 is 0 Å². The number of methoxy groups -OCH3 is 1. The number of rotatable bonds is 9. The molecule has 5 atom stereocenters. The number of carbonyl (C=O) groups excluding carboxylic acids is 5. The van der Waals surface area contributed by atoms with Crippen molar-refractivity contribution in [2.45, 2.75) is 109 Å². The van der Waals surface area contributed by atoms with Crippen LogP contribution < -0.4 is 10.6 Å². The highest BCUT2D eigenvalue weighted by atomic mass is 19.3. The predicted molar refractivity (Wildman–Crippen MR) is 143 cm³/mol. The van der Waals surface area contributed by atoms with E-state index in [0.717, 1.165) is 20.0 Å². The maximum atomic E-state index is 14.1. The number of piperidine rings is 1. The van der Waals surface area contributed by atoms with Gasteiger partial charge in [0.05, 0.1) is 13.2 Å². The van der Waals surface area contributed by atoms with Gasteiger partial charge < -0.3 is 25.0 Å². The van der Waals surface area contributed by atoms with E-state index >= 15 is 0 Å². The number of carbonyl (C=O) groups is 5. The van der Waals surface area contributed by atoms with Gasteiger partial charge in [0.25, 0.3) is 5.78 Å². The summed E-state index contributed by atoms with van der Waals surface area (Å²) in [6.07, 6.45) is 0.495. The second kappa shape index (κ2) is 11.1. The fraction of sp³-hybridized carbons (Fsp3) is 0.828. The van der Waals surface area contributed by atoms with E-state index in [4.69, 9.17) is 4.74 Å². The molecule has 1 saturated heterocycles. The zero-order valence-corrected chi connectivity index (χ0v) is 24.8. The van der Waals surface area contributed by atoms with Crippen molar-refractivity contribution in [3.05, 3.63) is 0 Å². The number of nitrogens with one attached hydrogen (secondary N) is 2. The van der Waals surface area contributed by atoms with E-state index in [9.17, 15) is 32.8 Å². The van der Waals surface area contributed by atoms with Gasteiger partial charge in [0, 0.05) is 19.4 Å². The average molecular weight is 584 g/mol. The molecule has 4 fully saturated rings. The van der Waals surface area contributed by atoms with E-state index in [2.05, 4.69) is 15.4 Å². The second-order valence-electron chi connectivity index (χ2n) is 13.8. The Kier molecular flexibility index (Phi) is 8.46. The number of alkyl halides is 2. The van der Waals surface area contributed by atoms with Gasteiger partial charge >= 0.3 is 12.1 Å². The van der Waals surface area contributed by atoms with Gasteiger partial charge in [-0.2, -0.15) is 0 Å². The maximum absolute atomic E-state index is 14.1. The first kappa shape index (κ1) is 31.2. The van der Waals surface area contributed by atoms with Crippen molar-refractivity contribution in [2.24, 2.45) is 29.1 Å². The molecule has 3 amide bonds. The van der Waals surface area contributed by atoms with Crippen LogP contribution in [0, 0.1) is 29.1 Å². The summed E-state index contributed by atoms with van der Waals surface area (Å²) < 4.78 is 37.9. The standard InChI is InChI=1S/C29H43F2N3O7/c1-27(2,3)41-26(39)33-20(16-9-11-29(30,31)12-10-16)24(37)34-14-17-19(28(17,4)5)21(34)23(36)32-18(13-15-7-8-15)22(35)25(38)40-6/h15-21H,7-14H2,1-6H3,(H,32,36)(H,33,39). The molecule has 41 heavy (non-hydrogen) atoms. The van der Waals surface area contributed by atoms with E-state index < -0.39 is 78.1 Å². The van der Waals surface area contributed by atoms with Crippen LogP contribution in [-0.4, -0.2) is 77.9 Å². The average Bonchev–Trinajstić information content (AvgIpc) is 3.72. The van der Waals surface area contributed by atoms with Crippen molar-refractivity contribution >= 4 is 29.7 Å². The van der Waals surface area contributed by atoms with E-state index in [1.54, 1.807) is 20.8 Å². The molecule has 3 saturated carbocycles. The van der Waals surface area contributed by atoms with Crippen LogP contribution in [-0.2, 0) is 28.7 Å². The fourth-order valence-electron chi connectivity index (χ4n) is 6.62. The Morgan fingerprint density at radius 2 is 1.61 bits per heavy atom. The van der Waals surface area contributed by atoms with Crippen molar-refractivity contribution in [3.8, 4) is 0 Å². The Labute approximate surface area is 239 Å². The van der Waals surface area contributed by atoms with Crippen molar-refractivity contribution in [1.29, 1.82) is 0 Å². The summed E-state index contributed by atoms with van der Waals surface area (Å²) in [5.41, 5.74) is -1.08. The van der Waals surface area contributed by atoms with Gasteiger partial charge in [0.2, 0.25) is 17.7 Å². The number of hydrogen-bond acceptors (Lipinski definition) is 7. The smallest absolute Gasteiger partial charge is 0.408 e. The number of esters is 1. The van der Waals surface area contributed by atoms with Crippen LogP contribution in [0.3, 0.4) is 0 Å². The molecule has 230 valence electrons. The molecule has 10 nitrogen and oxygen atoms in total. The van der Waals surface area contributed by atoms with Crippen LogP contribution in [0.25, 0.3) is 0 Å². The first-order valence-electron chi connectivity index (χ1n) is 14.6. The van der Waals surface area contributed by atoms with Gasteiger partial charge in [-0.3, -0.25) is 14.4 Å². The predicted octanol–water partition coefficient (Wildman–Crippen LogP) is 3.22. The molecule has 0 aromatic carbocycles. The number of halogens is 2.